The normalized spacial score (nSPS) is 10.7. The minimum atomic E-state index is 0.763. The SMILES string of the molecule is CCc1cccc(C)c1NCc1c(C)noc1C. The first kappa shape index (κ1) is 12.7. The molecule has 3 heteroatoms. The molecule has 0 saturated heterocycles. The molecule has 0 aliphatic heterocycles. The summed E-state index contributed by atoms with van der Waals surface area (Å²) in [6.07, 6.45) is 1.03. The van der Waals surface area contributed by atoms with Gasteiger partial charge in [0.2, 0.25) is 0 Å². The Balaban J connectivity index is 2.20. The minimum Gasteiger partial charge on any atom is -0.380 e. The number of para-hydroxylation sites is 1. The fourth-order valence-electron chi connectivity index (χ4n) is 2.21. The lowest BCUT2D eigenvalue weighted by molar-refractivity contribution is 0.392. The van der Waals surface area contributed by atoms with Gasteiger partial charge in [0.15, 0.2) is 0 Å². The first-order chi connectivity index (χ1) is 8.63. The highest BCUT2D eigenvalue weighted by atomic mass is 16.5. The maximum absolute atomic E-state index is 5.18. The molecule has 0 unspecified atom stereocenters. The highest BCUT2D eigenvalue weighted by molar-refractivity contribution is 5.57. The molecular weight excluding hydrogens is 224 g/mol. The van der Waals surface area contributed by atoms with Crippen molar-refractivity contribution in [2.75, 3.05) is 5.32 Å². The Bertz CT molecular complexity index is 524. The summed E-state index contributed by atoms with van der Waals surface area (Å²) in [4.78, 5) is 0. The van der Waals surface area contributed by atoms with Crippen LogP contribution in [-0.2, 0) is 13.0 Å². The fourth-order valence-corrected chi connectivity index (χ4v) is 2.21. The summed E-state index contributed by atoms with van der Waals surface area (Å²) < 4.78 is 5.18. The number of aryl methyl sites for hydroxylation is 4. The number of rotatable bonds is 4. The Hall–Kier alpha value is -1.77. The minimum absolute atomic E-state index is 0.763. The number of nitrogens with one attached hydrogen (secondary N) is 1. The van der Waals surface area contributed by atoms with Crippen molar-refractivity contribution in [3.05, 3.63) is 46.3 Å². The van der Waals surface area contributed by atoms with E-state index in [1.54, 1.807) is 0 Å². The lowest BCUT2D eigenvalue weighted by Crippen LogP contribution is -2.05. The van der Waals surface area contributed by atoms with E-state index in [9.17, 15) is 0 Å². The van der Waals surface area contributed by atoms with Crippen molar-refractivity contribution >= 4 is 5.69 Å². The van der Waals surface area contributed by atoms with Gasteiger partial charge in [0.25, 0.3) is 0 Å². The third-order valence-electron chi connectivity index (χ3n) is 3.36. The van der Waals surface area contributed by atoms with Crippen LogP contribution in [-0.4, -0.2) is 5.16 Å². The van der Waals surface area contributed by atoms with E-state index in [2.05, 4.69) is 42.5 Å². The number of anilines is 1. The molecule has 1 heterocycles. The molecule has 18 heavy (non-hydrogen) atoms. The van der Waals surface area contributed by atoms with E-state index < -0.39 is 0 Å². The van der Waals surface area contributed by atoms with Gasteiger partial charge in [-0.3, -0.25) is 0 Å². The third-order valence-corrected chi connectivity index (χ3v) is 3.36. The van der Waals surface area contributed by atoms with Gasteiger partial charge >= 0.3 is 0 Å². The third kappa shape index (κ3) is 2.40. The van der Waals surface area contributed by atoms with E-state index in [1.807, 2.05) is 13.8 Å². The fraction of sp³-hybridized carbons (Fsp3) is 0.400. The van der Waals surface area contributed by atoms with Crippen LogP contribution in [0.3, 0.4) is 0 Å². The van der Waals surface area contributed by atoms with Gasteiger partial charge in [-0.2, -0.15) is 0 Å². The van der Waals surface area contributed by atoms with Crippen LogP contribution in [0.2, 0.25) is 0 Å². The van der Waals surface area contributed by atoms with Crippen LogP contribution in [0.25, 0.3) is 0 Å². The van der Waals surface area contributed by atoms with Crippen molar-refractivity contribution in [3.63, 3.8) is 0 Å². The second-order valence-corrected chi connectivity index (χ2v) is 4.62. The predicted molar refractivity (Wildman–Crippen MR) is 73.9 cm³/mol. The molecule has 0 fully saturated rings. The molecule has 1 N–H and O–H groups in total. The van der Waals surface area contributed by atoms with Gasteiger partial charge in [0.05, 0.1) is 5.69 Å². The van der Waals surface area contributed by atoms with Crippen LogP contribution in [0.15, 0.2) is 22.7 Å². The average molecular weight is 244 g/mol. The molecule has 3 nitrogen and oxygen atoms in total. The van der Waals surface area contributed by atoms with E-state index >= 15 is 0 Å². The van der Waals surface area contributed by atoms with Crippen LogP contribution in [0.5, 0.6) is 0 Å². The van der Waals surface area contributed by atoms with Gasteiger partial charge < -0.3 is 9.84 Å². The number of hydrogen-bond acceptors (Lipinski definition) is 3. The maximum atomic E-state index is 5.18. The Labute approximate surface area is 108 Å². The molecule has 2 rings (SSSR count). The molecule has 0 aliphatic rings. The zero-order valence-electron chi connectivity index (χ0n) is 11.5. The lowest BCUT2D eigenvalue weighted by atomic mass is 10.1. The molecule has 0 saturated carbocycles. The largest absolute Gasteiger partial charge is 0.380 e. The summed E-state index contributed by atoms with van der Waals surface area (Å²) in [6.45, 7) is 9.01. The van der Waals surface area contributed by atoms with Crippen molar-refractivity contribution in [2.24, 2.45) is 0 Å². The molecule has 1 aromatic carbocycles. The van der Waals surface area contributed by atoms with Crippen molar-refractivity contribution in [1.82, 2.24) is 5.16 Å². The number of benzene rings is 1. The molecule has 0 amide bonds. The molecule has 0 radical (unpaired) electrons. The number of nitrogens with zero attached hydrogens (tertiary/aromatic N) is 1. The molecule has 0 spiro atoms. The van der Waals surface area contributed by atoms with E-state index in [0.717, 1.165) is 30.0 Å². The van der Waals surface area contributed by atoms with Crippen molar-refractivity contribution in [1.29, 1.82) is 0 Å². The molecule has 0 bridgehead atoms. The van der Waals surface area contributed by atoms with Gasteiger partial charge in [-0.15, -0.1) is 0 Å². The zero-order chi connectivity index (χ0) is 13.1. The Kier molecular flexibility index (Phi) is 3.70. The molecule has 2 aromatic rings. The second kappa shape index (κ2) is 5.25. The van der Waals surface area contributed by atoms with Crippen LogP contribution in [0.4, 0.5) is 5.69 Å². The molecule has 1 aromatic heterocycles. The number of hydrogen-bond donors (Lipinski definition) is 1. The zero-order valence-corrected chi connectivity index (χ0v) is 11.5. The smallest absolute Gasteiger partial charge is 0.138 e. The molecular formula is C15H20N2O. The van der Waals surface area contributed by atoms with E-state index in [-0.39, 0.29) is 0 Å². The maximum Gasteiger partial charge on any atom is 0.138 e. The number of aromatic nitrogens is 1. The van der Waals surface area contributed by atoms with E-state index in [4.69, 9.17) is 4.52 Å². The molecule has 0 aliphatic carbocycles. The summed E-state index contributed by atoms with van der Waals surface area (Å²) in [6, 6.07) is 6.41. The van der Waals surface area contributed by atoms with Gasteiger partial charge in [-0.25, -0.2) is 0 Å². The summed E-state index contributed by atoms with van der Waals surface area (Å²) in [5.74, 6) is 0.895. The lowest BCUT2D eigenvalue weighted by Gasteiger charge is -2.13. The van der Waals surface area contributed by atoms with Gasteiger partial charge in [0, 0.05) is 17.8 Å². The summed E-state index contributed by atoms with van der Waals surface area (Å²) in [5, 5.41) is 7.49. The monoisotopic (exact) mass is 244 g/mol. The highest BCUT2D eigenvalue weighted by Crippen LogP contribution is 2.23. The summed E-state index contributed by atoms with van der Waals surface area (Å²) >= 11 is 0. The van der Waals surface area contributed by atoms with Gasteiger partial charge in [0.1, 0.15) is 5.76 Å². The Morgan fingerprint density at radius 3 is 2.61 bits per heavy atom. The Morgan fingerprint density at radius 2 is 2.00 bits per heavy atom. The standard InChI is InChI=1S/C15H20N2O/c1-5-13-8-6-7-10(2)15(13)16-9-14-11(3)17-18-12(14)4/h6-8,16H,5,9H2,1-4H3. The second-order valence-electron chi connectivity index (χ2n) is 4.62. The van der Waals surface area contributed by atoms with Crippen molar-refractivity contribution in [2.45, 2.75) is 40.7 Å². The van der Waals surface area contributed by atoms with Gasteiger partial charge in [-0.05, 0) is 38.3 Å². The quantitative estimate of drug-likeness (QED) is 0.889. The Morgan fingerprint density at radius 1 is 1.22 bits per heavy atom. The van der Waals surface area contributed by atoms with Crippen LogP contribution in [0, 0.1) is 20.8 Å². The van der Waals surface area contributed by atoms with Crippen LogP contribution < -0.4 is 5.32 Å². The predicted octanol–water partition coefficient (Wildman–Crippen LogP) is 3.77. The van der Waals surface area contributed by atoms with E-state index in [0.29, 0.717) is 0 Å². The van der Waals surface area contributed by atoms with Crippen LogP contribution in [0.1, 0.15) is 35.1 Å². The van der Waals surface area contributed by atoms with Crippen molar-refractivity contribution in [3.8, 4) is 0 Å². The summed E-state index contributed by atoms with van der Waals surface area (Å²) in [7, 11) is 0. The van der Waals surface area contributed by atoms with E-state index in [1.165, 1.54) is 16.8 Å². The van der Waals surface area contributed by atoms with Crippen LogP contribution >= 0.6 is 0 Å². The molecule has 0 atom stereocenters. The average Bonchev–Trinajstić information content (AvgIpc) is 2.68. The first-order valence-corrected chi connectivity index (χ1v) is 6.37. The highest BCUT2D eigenvalue weighted by Gasteiger charge is 2.10. The molecule has 96 valence electrons. The summed E-state index contributed by atoms with van der Waals surface area (Å²) in [5.41, 5.74) is 5.98. The topological polar surface area (TPSA) is 38.1 Å². The van der Waals surface area contributed by atoms with Gasteiger partial charge in [-0.1, -0.05) is 30.3 Å². The van der Waals surface area contributed by atoms with Crippen molar-refractivity contribution < 1.29 is 4.52 Å². The first-order valence-electron chi connectivity index (χ1n) is 6.37.